The summed E-state index contributed by atoms with van der Waals surface area (Å²) in [4.78, 5) is 2.28. The van der Waals surface area contributed by atoms with E-state index in [1.807, 2.05) is 6.07 Å². The van der Waals surface area contributed by atoms with Gasteiger partial charge >= 0.3 is 0 Å². The molecule has 1 heterocycles. The average molecular weight is 277 g/mol. The number of rotatable bonds is 4. The zero-order chi connectivity index (χ0) is 12.3. The Morgan fingerprint density at radius 3 is 2.83 bits per heavy atom. The molecule has 5 heteroatoms. The molecule has 2 rings (SSSR count). The number of benzene rings is 1. The molecule has 2 nitrogen and oxygen atoms in total. The van der Waals surface area contributed by atoms with E-state index in [1.165, 1.54) is 6.07 Å². The van der Waals surface area contributed by atoms with Crippen molar-refractivity contribution in [3.05, 3.63) is 35.4 Å². The van der Waals surface area contributed by atoms with E-state index in [9.17, 15) is 8.78 Å². The summed E-state index contributed by atoms with van der Waals surface area (Å²) in [6, 6.07) is 7.07. The van der Waals surface area contributed by atoms with Crippen LogP contribution in [0.1, 0.15) is 30.4 Å². The SMILES string of the molecule is Cl.NCC1CCCN1Cc1cccc(C(F)F)c1. The minimum absolute atomic E-state index is 0. The third-order valence-corrected chi connectivity index (χ3v) is 3.36. The summed E-state index contributed by atoms with van der Waals surface area (Å²) < 4.78 is 25.1. The van der Waals surface area contributed by atoms with Crippen molar-refractivity contribution in [1.82, 2.24) is 4.90 Å². The highest BCUT2D eigenvalue weighted by atomic mass is 35.5. The molecule has 0 spiro atoms. The van der Waals surface area contributed by atoms with Crippen LogP contribution in [0, 0.1) is 0 Å². The summed E-state index contributed by atoms with van der Waals surface area (Å²) in [5, 5.41) is 0. The highest BCUT2D eigenvalue weighted by molar-refractivity contribution is 5.85. The highest BCUT2D eigenvalue weighted by Gasteiger charge is 2.23. The van der Waals surface area contributed by atoms with Crippen LogP contribution < -0.4 is 5.73 Å². The number of hydrogen-bond acceptors (Lipinski definition) is 2. The Morgan fingerprint density at radius 1 is 1.39 bits per heavy atom. The van der Waals surface area contributed by atoms with Crippen LogP contribution in [0.2, 0.25) is 0 Å². The van der Waals surface area contributed by atoms with Crippen LogP contribution in [0.5, 0.6) is 0 Å². The van der Waals surface area contributed by atoms with Gasteiger partial charge in [-0.2, -0.15) is 0 Å². The number of halogens is 3. The molecular weight excluding hydrogens is 258 g/mol. The molecule has 1 atom stereocenters. The Kier molecular flexibility index (Phi) is 5.99. The molecule has 18 heavy (non-hydrogen) atoms. The second-order valence-corrected chi connectivity index (χ2v) is 4.55. The fourth-order valence-electron chi connectivity index (χ4n) is 2.43. The lowest BCUT2D eigenvalue weighted by Crippen LogP contribution is -2.34. The number of nitrogens with two attached hydrogens (primary N) is 1. The first-order valence-corrected chi connectivity index (χ1v) is 6.02. The van der Waals surface area contributed by atoms with Crippen LogP contribution in [-0.4, -0.2) is 24.0 Å². The van der Waals surface area contributed by atoms with Gasteiger partial charge in [0.25, 0.3) is 6.43 Å². The predicted octanol–water partition coefficient (Wildman–Crippen LogP) is 2.97. The zero-order valence-electron chi connectivity index (χ0n) is 10.2. The van der Waals surface area contributed by atoms with Crippen LogP contribution in [0.3, 0.4) is 0 Å². The van der Waals surface area contributed by atoms with Crippen LogP contribution in [-0.2, 0) is 6.54 Å². The van der Waals surface area contributed by atoms with Gasteiger partial charge in [0.1, 0.15) is 0 Å². The lowest BCUT2D eigenvalue weighted by Gasteiger charge is -2.23. The van der Waals surface area contributed by atoms with Crippen LogP contribution in [0.25, 0.3) is 0 Å². The van der Waals surface area contributed by atoms with E-state index in [4.69, 9.17) is 5.73 Å². The molecule has 1 unspecified atom stereocenters. The van der Waals surface area contributed by atoms with Crippen molar-refractivity contribution in [2.75, 3.05) is 13.1 Å². The van der Waals surface area contributed by atoms with Crippen LogP contribution >= 0.6 is 12.4 Å². The van der Waals surface area contributed by atoms with E-state index in [2.05, 4.69) is 4.90 Å². The van der Waals surface area contributed by atoms with Gasteiger partial charge in [-0.3, -0.25) is 4.90 Å². The zero-order valence-corrected chi connectivity index (χ0v) is 11.0. The van der Waals surface area contributed by atoms with Gasteiger partial charge in [0.05, 0.1) is 0 Å². The van der Waals surface area contributed by atoms with Crippen molar-refractivity contribution in [2.24, 2.45) is 5.73 Å². The molecule has 0 amide bonds. The van der Waals surface area contributed by atoms with Crippen molar-refractivity contribution in [1.29, 1.82) is 0 Å². The topological polar surface area (TPSA) is 29.3 Å². The minimum atomic E-state index is -2.39. The van der Waals surface area contributed by atoms with Gasteiger partial charge in [0.2, 0.25) is 0 Å². The molecule has 0 bridgehead atoms. The van der Waals surface area contributed by atoms with Crippen molar-refractivity contribution in [3.8, 4) is 0 Å². The largest absolute Gasteiger partial charge is 0.329 e. The summed E-state index contributed by atoms with van der Waals surface area (Å²) in [5.74, 6) is 0. The van der Waals surface area contributed by atoms with Gasteiger partial charge in [-0.25, -0.2) is 8.78 Å². The summed E-state index contributed by atoms with van der Waals surface area (Å²) in [6.07, 6.45) is -0.125. The minimum Gasteiger partial charge on any atom is -0.329 e. The second-order valence-electron chi connectivity index (χ2n) is 4.55. The number of nitrogens with zero attached hydrogens (tertiary/aromatic N) is 1. The Bertz CT molecular complexity index is 374. The molecule has 1 aromatic rings. The molecule has 1 fully saturated rings. The van der Waals surface area contributed by atoms with Crippen molar-refractivity contribution < 1.29 is 8.78 Å². The van der Waals surface area contributed by atoms with E-state index in [0.717, 1.165) is 31.5 Å². The molecule has 1 aliphatic rings. The molecular formula is C13H19ClF2N2. The van der Waals surface area contributed by atoms with Crippen molar-refractivity contribution in [2.45, 2.75) is 31.9 Å². The highest BCUT2D eigenvalue weighted by Crippen LogP contribution is 2.23. The number of hydrogen-bond donors (Lipinski definition) is 1. The van der Waals surface area contributed by atoms with Gasteiger partial charge in [0.15, 0.2) is 0 Å². The standard InChI is InChI=1S/C13H18F2N2.ClH/c14-13(15)11-4-1-3-10(7-11)9-17-6-2-5-12(17)8-16;/h1,3-4,7,12-13H,2,5-6,8-9,16H2;1H. The maximum absolute atomic E-state index is 12.6. The van der Waals surface area contributed by atoms with Crippen LogP contribution in [0.4, 0.5) is 8.78 Å². The molecule has 1 aliphatic heterocycles. The first kappa shape index (κ1) is 15.3. The van der Waals surface area contributed by atoms with Gasteiger partial charge in [-0.15, -0.1) is 12.4 Å². The van der Waals surface area contributed by atoms with Crippen molar-refractivity contribution >= 4 is 12.4 Å². The fraction of sp³-hybridized carbons (Fsp3) is 0.538. The lowest BCUT2D eigenvalue weighted by atomic mass is 10.1. The maximum atomic E-state index is 12.6. The quantitative estimate of drug-likeness (QED) is 0.916. The predicted molar refractivity (Wildman–Crippen MR) is 71.1 cm³/mol. The van der Waals surface area contributed by atoms with E-state index in [0.29, 0.717) is 12.6 Å². The Balaban J connectivity index is 0.00000162. The summed E-state index contributed by atoms with van der Waals surface area (Å²) in [6.45, 7) is 2.39. The first-order chi connectivity index (χ1) is 8.20. The van der Waals surface area contributed by atoms with Gasteiger partial charge in [0, 0.05) is 24.7 Å². The molecule has 2 N–H and O–H groups in total. The molecule has 0 radical (unpaired) electrons. The first-order valence-electron chi connectivity index (χ1n) is 6.02. The Labute approximate surface area is 113 Å². The average Bonchev–Trinajstić information content (AvgIpc) is 2.76. The van der Waals surface area contributed by atoms with Gasteiger partial charge in [-0.1, -0.05) is 18.2 Å². The fourth-order valence-corrected chi connectivity index (χ4v) is 2.43. The van der Waals surface area contributed by atoms with Crippen molar-refractivity contribution in [3.63, 3.8) is 0 Å². The smallest absolute Gasteiger partial charge is 0.263 e. The third kappa shape index (κ3) is 3.64. The normalized spacial score (nSPS) is 20.1. The molecule has 1 aromatic carbocycles. The molecule has 1 saturated heterocycles. The summed E-state index contributed by atoms with van der Waals surface area (Å²) in [5.41, 5.74) is 6.74. The molecule has 0 aliphatic carbocycles. The van der Waals surface area contributed by atoms with E-state index < -0.39 is 6.43 Å². The molecule has 0 saturated carbocycles. The Morgan fingerprint density at radius 2 is 2.17 bits per heavy atom. The van der Waals surface area contributed by atoms with E-state index in [-0.39, 0.29) is 18.0 Å². The number of alkyl halides is 2. The maximum Gasteiger partial charge on any atom is 0.263 e. The van der Waals surface area contributed by atoms with Gasteiger partial charge in [-0.05, 0) is 31.0 Å². The summed E-state index contributed by atoms with van der Waals surface area (Å²) in [7, 11) is 0. The summed E-state index contributed by atoms with van der Waals surface area (Å²) >= 11 is 0. The van der Waals surface area contributed by atoms with Gasteiger partial charge < -0.3 is 5.73 Å². The van der Waals surface area contributed by atoms with E-state index in [1.54, 1.807) is 12.1 Å². The lowest BCUT2D eigenvalue weighted by molar-refractivity contribution is 0.151. The second kappa shape index (κ2) is 7.02. The van der Waals surface area contributed by atoms with E-state index >= 15 is 0 Å². The molecule has 102 valence electrons. The Hall–Kier alpha value is -0.710. The monoisotopic (exact) mass is 276 g/mol. The molecule has 0 aromatic heterocycles. The van der Waals surface area contributed by atoms with Crippen LogP contribution in [0.15, 0.2) is 24.3 Å². The number of likely N-dealkylation sites (tertiary alicyclic amines) is 1. The third-order valence-electron chi connectivity index (χ3n) is 3.36.